The number of hydrogen-bond acceptors (Lipinski definition) is 3. The van der Waals surface area contributed by atoms with E-state index in [1.807, 2.05) is 4.90 Å². The van der Waals surface area contributed by atoms with E-state index in [-0.39, 0.29) is 11.9 Å². The van der Waals surface area contributed by atoms with Crippen molar-refractivity contribution in [1.29, 1.82) is 0 Å². The van der Waals surface area contributed by atoms with Gasteiger partial charge in [-0.2, -0.15) is 0 Å². The van der Waals surface area contributed by atoms with Crippen molar-refractivity contribution in [3.63, 3.8) is 0 Å². The first-order valence-electron chi connectivity index (χ1n) is 6.84. The number of piperidine rings is 1. The summed E-state index contributed by atoms with van der Waals surface area (Å²) in [6, 6.07) is 0.131. The highest BCUT2D eigenvalue weighted by Gasteiger charge is 2.19. The van der Waals surface area contributed by atoms with E-state index in [0.717, 1.165) is 32.5 Å². The van der Waals surface area contributed by atoms with Crippen LogP contribution < -0.4 is 11.1 Å². The predicted octanol–water partition coefficient (Wildman–Crippen LogP) is 0.962. The van der Waals surface area contributed by atoms with Gasteiger partial charge in [-0.05, 0) is 31.7 Å². The van der Waals surface area contributed by atoms with Gasteiger partial charge < -0.3 is 16.0 Å². The molecule has 1 fully saturated rings. The Morgan fingerprint density at radius 1 is 1.29 bits per heavy atom. The molecule has 1 rings (SSSR count). The molecule has 0 aromatic heterocycles. The Labute approximate surface area is 105 Å². The van der Waals surface area contributed by atoms with Crippen LogP contribution in [0.4, 0.5) is 0 Å². The summed E-state index contributed by atoms with van der Waals surface area (Å²) >= 11 is 0. The molecule has 1 saturated heterocycles. The Bertz CT molecular complexity index is 225. The lowest BCUT2D eigenvalue weighted by atomic mass is 10.1. The average molecular weight is 241 g/mol. The molecule has 3 N–H and O–H groups in total. The predicted molar refractivity (Wildman–Crippen MR) is 70.7 cm³/mol. The van der Waals surface area contributed by atoms with Crippen LogP contribution in [0.3, 0.4) is 0 Å². The lowest BCUT2D eigenvalue weighted by Gasteiger charge is -2.28. The van der Waals surface area contributed by atoms with Gasteiger partial charge in [0.25, 0.3) is 0 Å². The summed E-state index contributed by atoms with van der Waals surface area (Å²) in [4.78, 5) is 14.0. The highest BCUT2D eigenvalue weighted by molar-refractivity contribution is 5.76. The molecule has 0 radical (unpaired) electrons. The fraction of sp³-hybridized carbons (Fsp3) is 0.923. The maximum atomic E-state index is 12.0. The molecule has 1 aliphatic rings. The third-order valence-electron chi connectivity index (χ3n) is 3.23. The zero-order valence-electron chi connectivity index (χ0n) is 11.2. The van der Waals surface area contributed by atoms with Gasteiger partial charge in [-0.3, -0.25) is 4.79 Å². The lowest BCUT2D eigenvalue weighted by molar-refractivity contribution is -0.132. The monoisotopic (exact) mass is 241 g/mol. The summed E-state index contributed by atoms with van der Waals surface area (Å²) in [5.41, 5.74) is 5.70. The zero-order chi connectivity index (χ0) is 12.7. The number of amides is 1. The van der Waals surface area contributed by atoms with Crippen molar-refractivity contribution in [1.82, 2.24) is 10.2 Å². The molecule has 1 unspecified atom stereocenters. The molecule has 0 saturated carbocycles. The number of carbonyl (C=O) groups excluding carboxylic acids is 1. The highest BCUT2D eigenvalue weighted by Crippen LogP contribution is 2.10. The van der Waals surface area contributed by atoms with Gasteiger partial charge in [0.15, 0.2) is 0 Å². The first-order valence-corrected chi connectivity index (χ1v) is 6.84. The van der Waals surface area contributed by atoms with Crippen LogP contribution >= 0.6 is 0 Å². The number of nitrogens with two attached hydrogens (primary N) is 1. The Morgan fingerprint density at radius 3 is 2.47 bits per heavy atom. The third kappa shape index (κ3) is 5.50. The molecule has 0 bridgehead atoms. The van der Waals surface area contributed by atoms with Crippen molar-refractivity contribution in [2.45, 2.75) is 45.6 Å². The van der Waals surface area contributed by atoms with Crippen LogP contribution in [0, 0.1) is 5.92 Å². The Morgan fingerprint density at radius 2 is 1.94 bits per heavy atom. The Hall–Kier alpha value is -0.610. The van der Waals surface area contributed by atoms with Crippen molar-refractivity contribution in [3.8, 4) is 0 Å². The topological polar surface area (TPSA) is 58.4 Å². The van der Waals surface area contributed by atoms with E-state index in [2.05, 4.69) is 19.2 Å². The van der Waals surface area contributed by atoms with Gasteiger partial charge in [-0.15, -0.1) is 0 Å². The van der Waals surface area contributed by atoms with Crippen LogP contribution in [0.15, 0.2) is 0 Å². The fourth-order valence-corrected chi connectivity index (χ4v) is 2.12. The van der Waals surface area contributed by atoms with Crippen LogP contribution in [0.1, 0.15) is 39.5 Å². The molecule has 100 valence electrons. The maximum Gasteiger partial charge on any atom is 0.224 e. The lowest BCUT2D eigenvalue weighted by Crippen LogP contribution is -2.44. The van der Waals surface area contributed by atoms with Crippen LogP contribution in [0.2, 0.25) is 0 Å². The minimum atomic E-state index is 0.131. The van der Waals surface area contributed by atoms with E-state index in [9.17, 15) is 4.79 Å². The van der Waals surface area contributed by atoms with Crippen molar-refractivity contribution in [3.05, 3.63) is 0 Å². The molecule has 1 aliphatic heterocycles. The van der Waals surface area contributed by atoms with Crippen molar-refractivity contribution in [2.24, 2.45) is 11.7 Å². The van der Waals surface area contributed by atoms with Gasteiger partial charge in [0.05, 0.1) is 0 Å². The second-order valence-corrected chi connectivity index (χ2v) is 5.38. The van der Waals surface area contributed by atoms with Crippen LogP contribution in [-0.4, -0.2) is 43.0 Å². The fourth-order valence-electron chi connectivity index (χ4n) is 2.12. The maximum absolute atomic E-state index is 12.0. The first kappa shape index (κ1) is 14.5. The summed E-state index contributed by atoms with van der Waals surface area (Å²) in [7, 11) is 0. The standard InChI is InChI=1S/C13H27N3O/c1-11(2)10-15-12(9-14)8-13(17)16-6-4-3-5-7-16/h11-12,15H,3-10,14H2,1-2H3. The highest BCUT2D eigenvalue weighted by atomic mass is 16.2. The number of hydrogen-bond donors (Lipinski definition) is 2. The SMILES string of the molecule is CC(C)CNC(CN)CC(=O)N1CCCCC1. The van der Waals surface area contributed by atoms with E-state index < -0.39 is 0 Å². The molecule has 17 heavy (non-hydrogen) atoms. The normalized spacial score (nSPS) is 18.5. The number of rotatable bonds is 6. The molecule has 1 atom stereocenters. The van der Waals surface area contributed by atoms with Gasteiger partial charge in [0, 0.05) is 32.1 Å². The second kappa shape index (κ2) is 7.67. The largest absolute Gasteiger partial charge is 0.343 e. The van der Waals surface area contributed by atoms with Gasteiger partial charge in [-0.1, -0.05) is 13.8 Å². The van der Waals surface area contributed by atoms with Gasteiger partial charge in [0.2, 0.25) is 5.91 Å². The molecule has 0 spiro atoms. The molecular weight excluding hydrogens is 214 g/mol. The minimum Gasteiger partial charge on any atom is -0.343 e. The average Bonchev–Trinajstić information content (AvgIpc) is 2.35. The van der Waals surface area contributed by atoms with Crippen LogP contribution in [-0.2, 0) is 4.79 Å². The molecular formula is C13H27N3O. The van der Waals surface area contributed by atoms with Crippen LogP contribution in [0.5, 0.6) is 0 Å². The molecule has 4 heteroatoms. The molecule has 0 aromatic carbocycles. The van der Waals surface area contributed by atoms with E-state index in [4.69, 9.17) is 5.73 Å². The van der Waals surface area contributed by atoms with Crippen molar-refractivity contribution >= 4 is 5.91 Å². The summed E-state index contributed by atoms with van der Waals surface area (Å²) in [6.45, 7) is 7.64. The van der Waals surface area contributed by atoms with E-state index in [0.29, 0.717) is 18.9 Å². The van der Waals surface area contributed by atoms with Crippen molar-refractivity contribution in [2.75, 3.05) is 26.2 Å². The zero-order valence-corrected chi connectivity index (χ0v) is 11.2. The van der Waals surface area contributed by atoms with E-state index in [1.54, 1.807) is 0 Å². The molecule has 1 heterocycles. The summed E-state index contributed by atoms with van der Waals surface area (Å²) < 4.78 is 0. The molecule has 4 nitrogen and oxygen atoms in total. The van der Waals surface area contributed by atoms with E-state index >= 15 is 0 Å². The van der Waals surface area contributed by atoms with E-state index in [1.165, 1.54) is 6.42 Å². The summed E-state index contributed by atoms with van der Waals surface area (Å²) in [6.07, 6.45) is 4.11. The smallest absolute Gasteiger partial charge is 0.224 e. The van der Waals surface area contributed by atoms with Gasteiger partial charge in [-0.25, -0.2) is 0 Å². The third-order valence-corrected chi connectivity index (χ3v) is 3.23. The Balaban J connectivity index is 2.30. The van der Waals surface area contributed by atoms with Gasteiger partial charge >= 0.3 is 0 Å². The number of nitrogens with zero attached hydrogens (tertiary/aromatic N) is 1. The molecule has 0 aromatic rings. The second-order valence-electron chi connectivity index (χ2n) is 5.38. The Kier molecular flexibility index (Phi) is 6.52. The van der Waals surface area contributed by atoms with Gasteiger partial charge in [0.1, 0.15) is 0 Å². The quantitative estimate of drug-likeness (QED) is 0.728. The van der Waals surface area contributed by atoms with Crippen LogP contribution in [0.25, 0.3) is 0 Å². The number of carbonyl (C=O) groups is 1. The first-order chi connectivity index (χ1) is 8.13. The molecule has 1 amide bonds. The number of likely N-dealkylation sites (tertiary alicyclic amines) is 1. The number of nitrogens with one attached hydrogen (secondary N) is 1. The van der Waals surface area contributed by atoms with Crippen molar-refractivity contribution < 1.29 is 4.79 Å². The minimum absolute atomic E-state index is 0.131. The molecule has 0 aliphatic carbocycles. The summed E-state index contributed by atoms with van der Waals surface area (Å²) in [5, 5.41) is 3.37. The summed E-state index contributed by atoms with van der Waals surface area (Å²) in [5.74, 6) is 0.852.